The molecule has 0 N–H and O–H groups in total. The van der Waals surface area contributed by atoms with Crippen LogP contribution < -0.4 is 0 Å². The van der Waals surface area contributed by atoms with Gasteiger partial charge >= 0.3 is 0 Å². The van der Waals surface area contributed by atoms with Gasteiger partial charge in [0.05, 0.1) is 6.04 Å². The summed E-state index contributed by atoms with van der Waals surface area (Å²) < 4.78 is 0. The number of carbonyl (C=O) groups excluding carboxylic acids is 2. The van der Waals surface area contributed by atoms with Gasteiger partial charge in [-0.25, -0.2) is 0 Å². The number of ketones is 1. The summed E-state index contributed by atoms with van der Waals surface area (Å²) in [6.07, 6.45) is 5.98. The van der Waals surface area contributed by atoms with Crippen LogP contribution in [-0.2, 0) is 9.59 Å². The highest BCUT2D eigenvalue weighted by Gasteiger charge is 2.42. The summed E-state index contributed by atoms with van der Waals surface area (Å²) in [5.41, 5.74) is 0. The third-order valence-electron chi connectivity index (χ3n) is 4.27. The molecule has 2 aliphatic rings. The average Bonchev–Trinajstić information content (AvgIpc) is 2.27. The van der Waals surface area contributed by atoms with Crippen molar-refractivity contribution in [3.05, 3.63) is 0 Å². The highest BCUT2D eigenvalue weighted by Crippen LogP contribution is 2.40. The van der Waals surface area contributed by atoms with Crippen LogP contribution in [0.15, 0.2) is 0 Å². The molecule has 1 aliphatic carbocycles. The third kappa shape index (κ3) is 2.00. The molecule has 1 heterocycles. The van der Waals surface area contributed by atoms with Crippen molar-refractivity contribution >= 4 is 11.7 Å². The lowest BCUT2D eigenvalue weighted by Crippen LogP contribution is -2.54. The average molecular weight is 223 g/mol. The summed E-state index contributed by atoms with van der Waals surface area (Å²) in [6.45, 7) is 4.00. The molecule has 1 aliphatic heterocycles. The molecular formula is C13H21NO2. The lowest BCUT2D eigenvalue weighted by atomic mass is 9.70. The first kappa shape index (κ1) is 11.6. The number of rotatable bonds is 1. The quantitative estimate of drug-likeness (QED) is 0.682. The van der Waals surface area contributed by atoms with Crippen LogP contribution in [-0.4, -0.2) is 29.2 Å². The van der Waals surface area contributed by atoms with E-state index in [1.165, 1.54) is 19.3 Å². The van der Waals surface area contributed by atoms with E-state index >= 15 is 0 Å². The van der Waals surface area contributed by atoms with Crippen molar-refractivity contribution in [2.75, 3.05) is 6.54 Å². The molecule has 1 amide bonds. The number of Topliss-reactive ketones (excluding diaryl/α,β-unsaturated/α-hetero) is 1. The Morgan fingerprint density at radius 2 is 1.75 bits per heavy atom. The van der Waals surface area contributed by atoms with Crippen LogP contribution >= 0.6 is 0 Å². The van der Waals surface area contributed by atoms with Crippen LogP contribution in [0.5, 0.6) is 0 Å². The SMILES string of the molecule is CC(=O)[C@@H]1C2CCCCC2CCN1C(C)=O. The maximum atomic E-state index is 11.8. The Labute approximate surface area is 97.2 Å². The van der Waals surface area contributed by atoms with E-state index in [4.69, 9.17) is 0 Å². The Balaban J connectivity index is 2.20. The molecule has 2 rings (SSSR count). The molecule has 0 radical (unpaired) electrons. The number of hydrogen-bond donors (Lipinski definition) is 0. The number of carbonyl (C=O) groups is 2. The van der Waals surface area contributed by atoms with E-state index in [0.29, 0.717) is 11.8 Å². The fraction of sp³-hybridized carbons (Fsp3) is 0.846. The number of likely N-dealkylation sites (tertiary alicyclic amines) is 1. The Bertz CT molecular complexity index is 300. The van der Waals surface area contributed by atoms with E-state index in [9.17, 15) is 9.59 Å². The van der Waals surface area contributed by atoms with Gasteiger partial charge < -0.3 is 4.90 Å². The van der Waals surface area contributed by atoms with Gasteiger partial charge in [0.15, 0.2) is 5.78 Å². The summed E-state index contributed by atoms with van der Waals surface area (Å²) in [5, 5.41) is 0. The van der Waals surface area contributed by atoms with Crippen LogP contribution in [0.25, 0.3) is 0 Å². The fourth-order valence-corrected chi connectivity index (χ4v) is 3.56. The summed E-state index contributed by atoms with van der Waals surface area (Å²) >= 11 is 0. The number of nitrogens with zero attached hydrogens (tertiary/aromatic N) is 1. The molecule has 3 atom stereocenters. The minimum absolute atomic E-state index is 0.0595. The van der Waals surface area contributed by atoms with Crippen molar-refractivity contribution in [1.29, 1.82) is 0 Å². The maximum Gasteiger partial charge on any atom is 0.220 e. The number of amides is 1. The molecule has 0 aromatic carbocycles. The van der Waals surface area contributed by atoms with Crippen LogP contribution in [0.3, 0.4) is 0 Å². The highest BCUT2D eigenvalue weighted by molar-refractivity contribution is 5.87. The van der Waals surface area contributed by atoms with Gasteiger partial charge in [0.2, 0.25) is 5.91 Å². The summed E-state index contributed by atoms with van der Waals surface area (Å²) in [7, 11) is 0. The summed E-state index contributed by atoms with van der Waals surface area (Å²) in [5.74, 6) is 1.35. The Kier molecular flexibility index (Phi) is 3.31. The van der Waals surface area contributed by atoms with Gasteiger partial charge in [-0.1, -0.05) is 19.3 Å². The second-order valence-corrected chi connectivity index (χ2v) is 5.26. The van der Waals surface area contributed by atoms with Crippen LogP contribution in [0.4, 0.5) is 0 Å². The minimum atomic E-state index is -0.128. The topological polar surface area (TPSA) is 37.4 Å². The summed E-state index contributed by atoms with van der Waals surface area (Å²) in [6, 6.07) is -0.128. The van der Waals surface area contributed by atoms with Gasteiger partial charge in [0.1, 0.15) is 0 Å². The molecule has 2 unspecified atom stereocenters. The highest BCUT2D eigenvalue weighted by atomic mass is 16.2. The number of hydrogen-bond acceptors (Lipinski definition) is 2. The second kappa shape index (κ2) is 4.56. The van der Waals surface area contributed by atoms with Gasteiger partial charge in [0, 0.05) is 13.5 Å². The van der Waals surface area contributed by atoms with E-state index in [1.807, 2.05) is 0 Å². The first-order chi connectivity index (χ1) is 7.61. The van der Waals surface area contributed by atoms with E-state index < -0.39 is 0 Å². The van der Waals surface area contributed by atoms with E-state index in [0.717, 1.165) is 19.4 Å². The number of piperidine rings is 1. The minimum Gasteiger partial charge on any atom is -0.333 e. The molecule has 0 aromatic rings. The molecule has 3 heteroatoms. The molecular weight excluding hydrogens is 202 g/mol. The van der Waals surface area contributed by atoms with Gasteiger partial charge in [-0.15, -0.1) is 0 Å². The Morgan fingerprint density at radius 1 is 1.06 bits per heavy atom. The van der Waals surface area contributed by atoms with Crippen LogP contribution in [0, 0.1) is 11.8 Å². The normalized spacial score (nSPS) is 34.4. The molecule has 0 bridgehead atoms. The van der Waals surface area contributed by atoms with Crippen molar-refractivity contribution < 1.29 is 9.59 Å². The standard InChI is InChI=1S/C13H21NO2/c1-9(15)13-12-6-4-3-5-11(12)7-8-14(13)10(2)16/h11-13H,3-8H2,1-2H3/t11?,12?,13-/m1/s1. The molecule has 1 saturated heterocycles. The lowest BCUT2D eigenvalue weighted by Gasteiger charge is -2.46. The molecule has 90 valence electrons. The molecule has 16 heavy (non-hydrogen) atoms. The van der Waals surface area contributed by atoms with Crippen molar-refractivity contribution in [2.24, 2.45) is 11.8 Å². The van der Waals surface area contributed by atoms with Gasteiger partial charge in [-0.05, 0) is 31.6 Å². The molecule has 2 fully saturated rings. The van der Waals surface area contributed by atoms with Gasteiger partial charge in [-0.3, -0.25) is 9.59 Å². The predicted molar refractivity (Wildman–Crippen MR) is 61.9 cm³/mol. The molecule has 0 spiro atoms. The Morgan fingerprint density at radius 3 is 2.38 bits per heavy atom. The van der Waals surface area contributed by atoms with Crippen molar-refractivity contribution in [3.63, 3.8) is 0 Å². The van der Waals surface area contributed by atoms with Crippen molar-refractivity contribution in [3.8, 4) is 0 Å². The second-order valence-electron chi connectivity index (χ2n) is 5.26. The first-order valence-electron chi connectivity index (χ1n) is 6.39. The van der Waals surface area contributed by atoms with E-state index in [2.05, 4.69) is 0 Å². The van der Waals surface area contributed by atoms with Gasteiger partial charge in [0.25, 0.3) is 0 Å². The smallest absolute Gasteiger partial charge is 0.220 e. The zero-order chi connectivity index (χ0) is 11.7. The molecule has 0 aromatic heterocycles. The predicted octanol–water partition coefficient (Wildman–Crippen LogP) is 2.00. The van der Waals surface area contributed by atoms with Gasteiger partial charge in [-0.2, -0.15) is 0 Å². The van der Waals surface area contributed by atoms with Crippen molar-refractivity contribution in [1.82, 2.24) is 4.90 Å². The maximum absolute atomic E-state index is 11.8. The molecule has 1 saturated carbocycles. The van der Waals surface area contributed by atoms with Crippen LogP contribution in [0.1, 0.15) is 46.0 Å². The zero-order valence-corrected chi connectivity index (χ0v) is 10.2. The zero-order valence-electron chi connectivity index (χ0n) is 10.2. The Hall–Kier alpha value is -0.860. The largest absolute Gasteiger partial charge is 0.333 e. The molecule has 3 nitrogen and oxygen atoms in total. The van der Waals surface area contributed by atoms with E-state index in [-0.39, 0.29) is 17.7 Å². The third-order valence-corrected chi connectivity index (χ3v) is 4.27. The fourth-order valence-electron chi connectivity index (χ4n) is 3.56. The first-order valence-corrected chi connectivity index (χ1v) is 6.39. The number of fused-ring (bicyclic) bond motifs is 1. The van der Waals surface area contributed by atoms with Crippen LogP contribution in [0.2, 0.25) is 0 Å². The lowest BCUT2D eigenvalue weighted by molar-refractivity contribution is -0.144. The van der Waals surface area contributed by atoms with Crippen molar-refractivity contribution in [2.45, 2.75) is 52.0 Å². The van der Waals surface area contributed by atoms with E-state index in [1.54, 1.807) is 18.7 Å². The monoisotopic (exact) mass is 223 g/mol. The summed E-state index contributed by atoms with van der Waals surface area (Å²) in [4.78, 5) is 25.1.